The fraction of sp³-hybridized carbons (Fsp3) is 0.154. The third-order valence-electron chi connectivity index (χ3n) is 4.99. The molecule has 0 aliphatic carbocycles. The molecule has 0 bridgehead atoms. The fourth-order valence-electron chi connectivity index (χ4n) is 3.24. The Morgan fingerprint density at radius 3 is 2.51 bits per heavy atom. The minimum Gasteiger partial charge on any atom is -0.486 e. The first-order valence-corrected chi connectivity index (χ1v) is 12.2. The Morgan fingerprint density at radius 1 is 0.914 bits per heavy atom. The van der Waals surface area contributed by atoms with E-state index in [1.807, 2.05) is 18.2 Å². The summed E-state index contributed by atoms with van der Waals surface area (Å²) in [4.78, 5) is 25.1. The number of aryl methyl sites for hydroxylation is 1. The molecule has 0 saturated heterocycles. The molecular weight excluding hydrogens is 484 g/mol. The zero-order chi connectivity index (χ0) is 24.5. The van der Waals surface area contributed by atoms with Crippen LogP contribution in [-0.4, -0.2) is 28.6 Å². The van der Waals surface area contributed by atoms with Crippen LogP contribution in [0.5, 0.6) is 5.75 Å². The smallest absolute Gasteiger partial charge is 0.286 e. The number of hydrogen-bond donors (Lipinski definition) is 2. The number of benzene rings is 3. The van der Waals surface area contributed by atoms with Crippen LogP contribution in [0.4, 0.5) is 5.69 Å². The van der Waals surface area contributed by atoms with E-state index in [0.29, 0.717) is 33.6 Å². The lowest BCUT2D eigenvalue weighted by Gasteiger charge is -2.08. The van der Waals surface area contributed by atoms with Gasteiger partial charge < -0.3 is 15.4 Å². The third kappa shape index (κ3) is 7.37. The molecule has 1 aromatic heterocycles. The highest BCUT2D eigenvalue weighted by atomic mass is 35.5. The van der Waals surface area contributed by atoms with Gasteiger partial charge in [-0.3, -0.25) is 9.59 Å². The van der Waals surface area contributed by atoms with Crippen LogP contribution < -0.4 is 15.4 Å². The van der Waals surface area contributed by atoms with Crippen molar-refractivity contribution in [1.82, 2.24) is 15.5 Å². The molecule has 3 aromatic carbocycles. The summed E-state index contributed by atoms with van der Waals surface area (Å²) in [7, 11) is 0. The summed E-state index contributed by atoms with van der Waals surface area (Å²) < 4.78 is 5.64. The summed E-state index contributed by atoms with van der Waals surface area (Å²) in [5.74, 6) is 0.0538. The zero-order valence-corrected chi connectivity index (χ0v) is 20.3. The molecule has 7 nitrogen and oxygen atoms in total. The second-order valence-corrected chi connectivity index (χ2v) is 9.12. The molecule has 0 aliphatic heterocycles. The number of rotatable bonds is 10. The molecule has 0 aliphatic rings. The molecule has 2 N–H and O–H groups in total. The van der Waals surface area contributed by atoms with Crippen LogP contribution in [0.3, 0.4) is 0 Å². The topological polar surface area (TPSA) is 93.2 Å². The summed E-state index contributed by atoms with van der Waals surface area (Å²) >= 11 is 7.01. The molecule has 1 heterocycles. The second kappa shape index (κ2) is 12.1. The lowest BCUT2D eigenvalue weighted by atomic mass is 10.1. The number of aromatic nitrogens is 2. The summed E-state index contributed by atoms with van der Waals surface area (Å²) in [6.07, 6.45) is 1.74. The van der Waals surface area contributed by atoms with Gasteiger partial charge in [-0.2, -0.15) is 0 Å². The fourth-order valence-corrected chi connectivity index (χ4v) is 4.02. The van der Waals surface area contributed by atoms with Gasteiger partial charge in [-0.05, 0) is 60.9 Å². The molecule has 0 spiro atoms. The van der Waals surface area contributed by atoms with Crippen molar-refractivity contribution in [2.24, 2.45) is 0 Å². The Labute approximate surface area is 212 Å². The number of carbonyl (C=O) groups is 2. The molecule has 0 unspecified atom stereocenters. The average Bonchev–Trinajstić information content (AvgIpc) is 3.36. The van der Waals surface area contributed by atoms with Gasteiger partial charge in [-0.15, -0.1) is 10.2 Å². The van der Waals surface area contributed by atoms with Crippen LogP contribution >= 0.6 is 22.9 Å². The summed E-state index contributed by atoms with van der Waals surface area (Å²) in [6, 6.07) is 23.9. The van der Waals surface area contributed by atoms with E-state index in [2.05, 4.69) is 33.0 Å². The van der Waals surface area contributed by atoms with Crippen molar-refractivity contribution >= 4 is 40.4 Å². The number of halogens is 1. The number of amides is 2. The van der Waals surface area contributed by atoms with E-state index >= 15 is 0 Å². The molecule has 0 saturated carbocycles. The van der Waals surface area contributed by atoms with Crippen LogP contribution in [0, 0.1) is 0 Å². The molecule has 0 fully saturated rings. The minimum atomic E-state index is -0.402. The summed E-state index contributed by atoms with van der Waals surface area (Å²) in [5, 5.41) is 15.0. The third-order valence-corrected chi connectivity index (χ3v) is 6.14. The van der Waals surface area contributed by atoms with E-state index in [1.165, 1.54) is 5.56 Å². The lowest BCUT2D eigenvalue weighted by Crippen LogP contribution is -2.25. The zero-order valence-electron chi connectivity index (χ0n) is 18.7. The Kier molecular flexibility index (Phi) is 8.43. The molecule has 0 atom stereocenters. The van der Waals surface area contributed by atoms with Gasteiger partial charge in [0.15, 0.2) is 5.01 Å². The van der Waals surface area contributed by atoms with Crippen molar-refractivity contribution in [1.29, 1.82) is 0 Å². The molecule has 178 valence electrons. The van der Waals surface area contributed by atoms with Gasteiger partial charge in [-0.1, -0.05) is 59.3 Å². The maximum Gasteiger partial charge on any atom is 0.286 e. The van der Waals surface area contributed by atoms with Gasteiger partial charge in [0.05, 0.1) is 0 Å². The lowest BCUT2D eigenvalue weighted by molar-refractivity contribution is 0.0951. The van der Waals surface area contributed by atoms with Crippen LogP contribution in [0.1, 0.15) is 37.2 Å². The number of carbonyl (C=O) groups excluding carboxylic acids is 2. The van der Waals surface area contributed by atoms with Gasteiger partial charge in [-0.25, -0.2) is 0 Å². The summed E-state index contributed by atoms with van der Waals surface area (Å²) in [6.45, 7) is 0.752. The number of nitrogens with zero attached hydrogens (tertiary/aromatic N) is 2. The Hall–Kier alpha value is -3.75. The second-order valence-electron chi connectivity index (χ2n) is 7.62. The van der Waals surface area contributed by atoms with Gasteiger partial charge >= 0.3 is 0 Å². The molecule has 4 rings (SSSR count). The quantitative estimate of drug-likeness (QED) is 0.281. The minimum absolute atomic E-state index is 0.187. The van der Waals surface area contributed by atoms with Gasteiger partial charge in [0, 0.05) is 22.8 Å². The molecule has 35 heavy (non-hydrogen) atoms. The maximum atomic E-state index is 12.6. The summed E-state index contributed by atoms with van der Waals surface area (Å²) in [5.41, 5.74) is 2.21. The van der Waals surface area contributed by atoms with Crippen LogP contribution in [-0.2, 0) is 13.0 Å². The highest BCUT2D eigenvalue weighted by Crippen LogP contribution is 2.19. The van der Waals surface area contributed by atoms with Crippen LogP contribution in [0.15, 0.2) is 78.9 Å². The number of hydrogen-bond acceptors (Lipinski definition) is 6. The number of anilines is 1. The highest BCUT2D eigenvalue weighted by Gasteiger charge is 2.14. The Morgan fingerprint density at radius 2 is 1.71 bits per heavy atom. The number of nitrogens with one attached hydrogen (secondary N) is 2. The van der Waals surface area contributed by atoms with Gasteiger partial charge in [0.2, 0.25) is 5.01 Å². The van der Waals surface area contributed by atoms with Crippen molar-refractivity contribution in [2.45, 2.75) is 19.4 Å². The van der Waals surface area contributed by atoms with E-state index in [9.17, 15) is 9.59 Å². The first kappa shape index (κ1) is 24.4. The van der Waals surface area contributed by atoms with Gasteiger partial charge in [0.25, 0.3) is 11.8 Å². The van der Waals surface area contributed by atoms with Gasteiger partial charge in [0.1, 0.15) is 12.4 Å². The molecule has 4 aromatic rings. The van der Waals surface area contributed by atoms with Crippen molar-refractivity contribution in [3.8, 4) is 5.75 Å². The first-order valence-electron chi connectivity index (χ1n) is 11.0. The molecule has 2 amide bonds. The average molecular weight is 507 g/mol. The highest BCUT2D eigenvalue weighted by molar-refractivity contribution is 7.13. The van der Waals surface area contributed by atoms with Crippen LogP contribution in [0.2, 0.25) is 5.02 Å². The number of ether oxygens (including phenoxy) is 1. The van der Waals surface area contributed by atoms with Crippen molar-refractivity contribution < 1.29 is 14.3 Å². The molecular formula is C26H23ClN4O3S. The van der Waals surface area contributed by atoms with Crippen LogP contribution in [0.25, 0.3) is 0 Å². The van der Waals surface area contributed by atoms with Crippen molar-refractivity contribution in [3.63, 3.8) is 0 Å². The SMILES string of the molecule is O=C(NCCCc1ccccc1)c1cccc(NC(=O)c2nnc(COc3ccc(Cl)cc3)s2)c1. The maximum absolute atomic E-state index is 12.6. The molecule has 9 heteroatoms. The Bertz CT molecular complexity index is 1280. The monoisotopic (exact) mass is 506 g/mol. The first-order chi connectivity index (χ1) is 17.1. The largest absolute Gasteiger partial charge is 0.486 e. The van der Waals surface area contributed by atoms with E-state index in [0.717, 1.165) is 24.2 Å². The van der Waals surface area contributed by atoms with Crippen molar-refractivity contribution in [2.75, 3.05) is 11.9 Å². The predicted octanol–water partition coefficient (Wildman–Crippen LogP) is 5.39. The van der Waals surface area contributed by atoms with E-state index < -0.39 is 5.91 Å². The van der Waals surface area contributed by atoms with E-state index in [1.54, 1.807) is 48.5 Å². The van der Waals surface area contributed by atoms with Crippen molar-refractivity contribution in [3.05, 3.63) is 105 Å². The Balaban J connectivity index is 1.26. The van der Waals surface area contributed by atoms with E-state index in [4.69, 9.17) is 16.3 Å². The molecule has 0 radical (unpaired) electrons. The standard InChI is InChI=1S/C26H23ClN4O3S/c27-20-11-13-22(14-12-20)34-17-23-30-31-26(35-23)25(33)29-21-10-4-9-19(16-21)24(32)28-15-5-8-18-6-2-1-3-7-18/h1-4,6-7,9-14,16H,5,8,15,17H2,(H,28,32)(H,29,33). The normalized spacial score (nSPS) is 10.5. The predicted molar refractivity (Wildman–Crippen MR) is 137 cm³/mol. The van der Waals surface area contributed by atoms with E-state index in [-0.39, 0.29) is 17.5 Å².